The minimum absolute atomic E-state index is 0.0429. The third-order valence-corrected chi connectivity index (χ3v) is 5.63. The average Bonchev–Trinajstić information content (AvgIpc) is 2.96. The van der Waals surface area contributed by atoms with E-state index in [4.69, 9.17) is 22.2 Å². The first-order chi connectivity index (χ1) is 10.3. The first-order valence-electron chi connectivity index (χ1n) is 7.11. The maximum Gasteiger partial charge on any atom is 0.0931 e. The number of hydrogen-bond donors (Lipinski definition) is 2. The lowest BCUT2D eigenvalue weighted by molar-refractivity contribution is 0.0345. The minimum atomic E-state index is -0.0531. The quantitative estimate of drug-likeness (QED) is 0.667. The van der Waals surface area contributed by atoms with Crippen molar-refractivity contribution in [2.24, 2.45) is 5.84 Å². The SMILES string of the molecule is NNC(c1ccc(Cl)s1)C1(c2ccccc2)CCOCC1. The van der Waals surface area contributed by atoms with Crippen LogP contribution in [0.1, 0.15) is 29.3 Å². The minimum Gasteiger partial charge on any atom is -0.381 e. The predicted octanol–water partition coefficient (Wildman–Crippen LogP) is 3.65. The van der Waals surface area contributed by atoms with Gasteiger partial charge in [0.15, 0.2) is 0 Å². The fraction of sp³-hybridized carbons (Fsp3) is 0.375. The van der Waals surface area contributed by atoms with Crippen LogP contribution in [0.3, 0.4) is 0 Å². The van der Waals surface area contributed by atoms with Crippen molar-refractivity contribution in [1.82, 2.24) is 5.43 Å². The van der Waals surface area contributed by atoms with Crippen molar-refractivity contribution in [3.63, 3.8) is 0 Å². The zero-order chi connectivity index (χ0) is 14.7. The van der Waals surface area contributed by atoms with E-state index in [9.17, 15) is 0 Å². The summed E-state index contributed by atoms with van der Waals surface area (Å²) < 4.78 is 6.38. The zero-order valence-electron chi connectivity index (χ0n) is 11.7. The Morgan fingerprint density at radius 3 is 2.43 bits per heavy atom. The molecule has 112 valence electrons. The van der Waals surface area contributed by atoms with Crippen molar-refractivity contribution in [1.29, 1.82) is 0 Å². The van der Waals surface area contributed by atoms with Crippen LogP contribution in [0, 0.1) is 0 Å². The Kier molecular flexibility index (Phi) is 4.62. The highest BCUT2D eigenvalue weighted by Gasteiger charge is 2.42. The second-order valence-corrected chi connectivity index (χ2v) is 7.12. The molecule has 1 aliphatic rings. The van der Waals surface area contributed by atoms with Crippen LogP contribution in [-0.4, -0.2) is 13.2 Å². The van der Waals surface area contributed by atoms with E-state index in [1.807, 2.05) is 12.1 Å². The average molecular weight is 323 g/mol. The summed E-state index contributed by atoms with van der Waals surface area (Å²) in [6, 6.07) is 14.6. The van der Waals surface area contributed by atoms with Gasteiger partial charge in [0.05, 0.1) is 10.4 Å². The van der Waals surface area contributed by atoms with Crippen molar-refractivity contribution in [2.45, 2.75) is 24.3 Å². The van der Waals surface area contributed by atoms with Crippen LogP contribution in [0.15, 0.2) is 42.5 Å². The molecule has 0 saturated carbocycles. The second-order valence-electron chi connectivity index (χ2n) is 5.38. The number of nitrogens with one attached hydrogen (secondary N) is 1. The summed E-state index contributed by atoms with van der Waals surface area (Å²) in [5.41, 5.74) is 4.29. The molecular weight excluding hydrogens is 304 g/mol. The van der Waals surface area contributed by atoms with Gasteiger partial charge in [-0.3, -0.25) is 11.3 Å². The van der Waals surface area contributed by atoms with Crippen LogP contribution >= 0.6 is 22.9 Å². The molecule has 1 saturated heterocycles. The Hall–Kier alpha value is -0.910. The third-order valence-electron chi connectivity index (χ3n) is 4.33. The Bertz CT molecular complexity index is 581. The second kappa shape index (κ2) is 6.46. The summed E-state index contributed by atoms with van der Waals surface area (Å²) in [5, 5.41) is 0. The fourth-order valence-corrected chi connectivity index (χ4v) is 4.49. The molecule has 2 aromatic rings. The molecule has 3 N–H and O–H groups in total. The van der Waals surface area contributed by atoms with E-state index in [-0.39, 0.29) is 11.5 Å². The molecule has 3 nitrogen and oxygen atoms in total. The smallest absolute Gasteiger partial charge is 0.0931 e. The summed E-state index contributed by atoms with van der Waals surface area (Å²) in [5.74, 6) is 5.94. The normalized spacial score (nSPS) is 19.3. The van der Waals surface area contributed by atoms with Gasteiger partial charge in [0.25, 0.3) is 0 Å². The Labute approximate surface area is 134 Å². The molecule has 1 atom stereocenters. The molecule has 3 rings (SSSR count). The largest absolute Gasteiger partial charge is 0.381 e. The van der Waals surface area contributed by atoms with E-state index in [0.29, 0.717) is 0 Å². The fourth-order valence-electron chi connectivity index (χ4n) is 3.25. The van der Waals surface area contributed by atoms with Crippen LogP contribution < -0.4 is 11.3 Å². The summed E-state index contributed by atoms with van der Waals surface area (Å²) in [4.78, 5) is 1.17. The molecule has 2 heterocycles. The van der Waals surface area contributed by atoms with E-state index in [1.54, 1.807) is 11.3 Å². The van der Waals surface area contributed by atoms with Crippen molar-refractivity contribution < 1.29 is 4.74 Å². The Morgan fingerprint density at radius 1 is 1.14 bits per heavy atom. The van der Waals surface area contributed by atoms with E-state index in [0.717, 1.165) is 30.4 Å². The number of benzene rings is 1. The third kappa shape index (κ3) is 2.87. The van der Waals surface area contributed by atoms with Crippen molar-refractivity contribution >= 4 is 22.9 Å². The number of hydrogen-bond acceptors (Lipinski definition) is 4. The van der Waals surface area contributed by atoms with E-state index >= 15 is 0 Å². The number of rotatable bonds is 4. The van der Waals surface area contributed by atoms with Gasteiger partial charge in [-0.25, -0.2) is 0 Å². The van der Waals surface area contributed by atoms with Crippen molar-refractivity contribution in [3.05, 3.63) is 57.2 Å². The molecule has 1 aliphatic heterocycles. The molecule has 0 spiro atoms. The molecule has 1 fully saturated rings. The zero-order valence-corrected chi connectivity index (χ0v) is 13.3. The summed E-state index contributed by atoms with van der Waals surface area (Å²) in [7, 11) is 0. The first kappa shape index (κ1) is 15.0. The van der Waals surface area contributed by atoms with E-state index in [1.165, 1.54) is 10.4 Å². The molecular formula is C16H19ClN2OS. The van der Waals surface area contributed by atoms with Gasteiger partial charge in [0.1, 0.15) is 0 Å². The molecule has 0 amide bonds. The highest BCUT2D eigenvalue weighted by Crippen LogP contribution is 2.46. The topological polar surface area (TPSA) is 47.3 Å². The molecule has 1 aromatic carbocycles. The molecule has 0 bridgehead atoms. The van der Waals surface area contributed by atoms with Gasteiger partial charge in [-0.15, -0.1) is 11.3 Å². The van der Waals surface area contributed by atoms with Crippen LogP contribution in [0.25, 0.3) is 0 Å². The number of ether oxygens (including phenoxy) is 1. The van der Waals surface area contributed by atoms with Gasteiger partial charge in [-0.2, -0.15) is 0 Å². The lowest BCUT2D eigenvalue weighted by atomic mass is 9.68. The van der Waals surface area contributed by atoms with Crippen LogP contribution in [0.5, 0.6) is 0 Å². The molecule has 0 radical (unpaired) electrons. The standard InChI is InChI=1S/C16H19ClN2OS/c17-14-7-6-13(21-14)15(19-18)16(8-10-20-11-9-16)12-4-2-1-3-5-12/h1-7,15,19H,8-11,18H2. The highest BCUT2D eigenvalue weighted by molar-refractivity contribution is 7.16. The maximum atomic E-state index is 6.12. The number of thiophene rings is 1. The maximum absolute atomic E-state index is 6.12. The van der Waals surface area contributed by atoms with E-state index < -0.39 is 0 Å². The van der Waals surface area contributed by atoms with E-state index in [2.05, 4.69) is 35.8 Å². The molecule has 1 aromatic heterocycles. The van der Waals surface area contributed by atoms with Crippen molar-refractivity contribution in [3.8, 4) is 0 Å². The Balaban J connectivity index is 2.05. The molecule has 0 aliphatic carbocycles. The summed E-state index contributed by atoms with van der Waals surface area (Å²) in [6.07, 6.45) is 1.89. The predicted molar refractivity (Wildman–Crippen MR) is 87.6 cm³/mol. The number of nitrogens with two attached hydrogens (primary N) is 1. The van der Waals surface area contributed by atoms with Gasteiger partial charge in [-0.05, 0) is 30.5 Å². The van der Waals surface area contributed by atoms with Gasteiger partial charge in [0.2, 0.25) is 0 Å². The van der Waals surface area contributed by atoms with Crippen LogP contribution in [0.2, 0.25) is 4.34 Å². The first-order valence-corrected chi connectivity index (χ1v) is 8.30. The van der Waals surface area contributed by atoms with Crippen molar-refractivity contribution in [2.75, 3.05) is 13.2 Å². The number of hydrazine groups is 1. The monoisotopic (exact) mass is 322 g/mol. The Morgan fingerprint density at radius 2 is 1.86 bits per heavy atom. The summed E-state index contributed by atoms with van der Waals surface area (Å²) >= 11 is 7.71. The lowest BCUT2D eigenvalue weighted by Crippen LogP contribution is -2.47. The van der Waals surface area contributed by atoms with Crippen LogP contribution in [0.4, 0.5) is 0 Å². The highest BCUT2D eigenvalue weighted by atomic mass is 35.5. The molecule has 5 heteroatoms. The van der Waals surface area contributed by atoms with Gasteiger partial charge >= 0.3 is 0 Å². The molecule has 1 unspecified atom stereocenters. The lowest BCUT2D eigenvalue weighted by Gasteiger charge is -2.43. The summed E-state index contributed by atoms with van der Waals surface area (Å²) in [6.45, 7) is 1.51. The number of halogens is 1. The van der Waals surface area contributed by atoms with Gasteiger partial charge in [-0.1, -0.05) is 41.9 Å². The van der Waals surface area contributed by atoms with Gasteiger partial charge in [0, 0.05) is 23.5 Å². The molecule has 21 heavy (non-hydrogen) atoms. The van der Waals surface area contributed by atoms with Crippen LogP contribution in [-0.2, 0) is 10.2 Å². The van der Waals surface area contributed by atoms with Gasteiger partial charge < -0.3 is 4.74 Å².